The first-order valence-electron chi connectivity index (χ1n) is 8.92. The van der Waals surface area contributed by atoms with E-state index in [0.29, 0.717) is 0 Å². The van der Waals surface area contributed by atoms with E-state index in [4.69, 9.17) is 35.7 Å². The van der Waals surface area contributed by atoms with Gasteiger partial charge in [-0.2, -0.15) is 0 Å². The second kappa shape index (κ2) is 44.3. The van der Waals surface area contributed by atoms with Crippen LogP contribution >= 0.6 is 0 Å². The Kier molecular flexibility index (Phi) is 76.4. The van der Waals surface area contributed by atoms with Crippen molar-refractivity contribution < 1.29 is 35.7 Å². The highest BCUT2D eigenvalue weighted by molar-refractivity contribution is 4.22. The molecule has 0 aromatic heterocycles. The first-order chi connectivity index (χ1) is 11.4. The fourth-order valence-electron chi connectivity index (χ4n) is 0. The molecule has 0 aliphatic heterocycles. The van der Waals surface area contributed by atoms with Crippen molar-refractivity contribution in [3.8, 4) is 0 Å². The van der Waals surface area contributed by atoms with Gasteiger partial charge in [0.1, 0.15) is 0 Å². The van der Waals surface area contributed by atoms with Gasteiger partial charge in [0, 0.05) is 43.7 Å². The third kappa shape index (κ3) is 156000. The molecule has 0 atom stereocenters. The molecule has 7 N–H and O–H groups in total. The molecule has 7 nitrogen and oxygen atoms in total. The highest BCUT2D eigenvalue weighted by atomic mass is 16.3. The summed E-state index contributed by atoms with van der Waals surface area (Å²) in [5.74, 6) is 0. The minimum Gasteiger partial charge on any atom is -0.400 e. The van der Waals surface area contributed by atoms with Crippen LogP contribution < -0.4 is 0 Å². The summed E-state index contributed by atoms with van der Waals surface area (Å²) < 4.78 is 0. The van der Waals surface area contributed by atoms with E-state index < -0.39 is 0 Å². The van der Waals surface area contributed by atoms with Crippen molar-refractivity contribution in [3.63, 3.8) is 0 Å². The predicted molar refractivity (Wildman–Crippen MR) is 112 cm³/mol. The van der Waals surface area contributed by atoms with Gasteiger partial charge >= 0.3 is 0 Å². The lowest BCUT2D eigenvalue weighted by atomic mass is 10.5. The van der Waals surface area contributed by atoms with Crippen LogP contribution in [0.4, 0.5) is 0 Å². The Balaban J connectivity index is -0.0000000327. The molecule has 0 heterocycles. The SMILES string of the molecule is CC(C)O.CC(C)O.CC(C)O.CC(C)O.CC(C)O.CC(C)O.CO. The van der Waals surface area contributed by atoms with Gasteiger partial charge in [-0.15, -0.1) is 0 Å². The topological polar surface area (TPSA) is 142 Å². The number of aliphatic hydroxyl groups excluding tert-OH is 7. The van der Waals surface area contributed by atoms with Gasteiger partial charge < -0.3 is 35.7 Å². The lowest BCUT2D eigenvalue weighted by molar-refractivity contribution is 0.215. The van der Waals surface area contributed by atoms with E-state index in [9.17, 15) is 0 Å². The van der Waals surface area contributed by atoms with Crippen LogP contribution in [0.3, 0.4) is 0 Å². The third-order valence-electron chi connectivity index (χ3n) is 0. The zero-order chi connectivity index (χ0) is 23.5. The van der Waals surface area contributed by atoms with Crippen LogP contribution in [0.1, 0.15) is 83.1 Å². The minimum absolute atomic E-state index is 0.167. The summed E-state index contributed by atoms with van der Waals surface area (Å²) >= 11 is 0. The monoisotopic (exact) mass is 392 g/mol. The van der Waals surface area contributed by atoms with Crippen molar-refractivity contribution in [3.05, 3.63) is 0 Å². The Labute approximate surface area is 163 Å². The number of rotatable bonds is 0. The fourth-order valence-corrected chi connectivity index (χ4v) is 0. The normalized spacial score (nSPS) is 8.54. The molecule has 0 radical (unpaired) electrons. The van der Waals surface area contributed by atoms with Crippen LogP contribution in [0.25, 0.3) is 0 Å². The van der Waals surface area contributed by atoms with Gasteiger partial charge in [0.2, 0.25) is 0 Å². The lowest BCUT2D eigenvalue weighted by Gasteiger charge is -1.80. The van der Waals surface area contributed by atoms with Crippen LogP contribution in [0.2, 0.25) is 0 Å². The van der Waals surface area contributed by atoms with Crippen LogP contribution in [0.15, 0.2) is 0 Å². The van der Waals surface area contributed by atoms with Crippen LogP contribution in [0, 0.1) is 0 Å². The number of hydrogen-bond acceptors (Lipinski definition) is 7. The molecule has 0 amide bonds. The third-order valence-corrected chi connectivity index (χ3v) is 0. The molecule has 0 saturated heterocycles. The van der Waals surface area contributed by atoms with E-state index in [1.54, 1.807) is 83.1 Å². The van der Waals surface area contributed by atoms with Crippen molar-refractivity contribution in [2.75, 3.05) is 7.11 Å². The molecule has 0 aromatic carbocycles. The zero-order valence-corrected chi connectivity index (χ0v) is 19.6. The standard InChI is InChI=1S/6C3H8O.CH4O/c6*1-3(2)4;1-2/h6*3-4H,1-2H3;2H,1H3. The molecule has 0 aromatic rings. The summed E-state index contributed by atoms with van der Waals surface area (Å²) in [6.45, 7) is 20.7. The lowest BCUT2D eigenvalue weighted by Crippen LogP contribution is -1.85. The first kappa shape index (κ1) is 44.8. The van der Waals surface area contributed by atoms with Crippen molar-refractivity contribution >= 4 is 0 Å². The maximum Gasteiger partial charge on any atom is 0.0483 e. The molecule has 0 aliphatic rings. The van der Waals surface area contributed by atoms with Gasteiger partial charge in [-0.05, 0) is 83.1 Å². The summed E-state index contributed by atoms with van der Waals surface area (Å²) in [4.78, 5) is 0. The van der Waals surface area contributed by atoms with E-state index in [0.717, 1.165) is 7.11 Å². The molecule has 0 saturated carbocycles. The van der Waals surface area contributed by atoms with E-state index in [2.05, 4.69) is 0 Å². The summed E-state index contributed by atoms with van der Waals surface area (Å²) in [5.41, 5.74) is 0. The van der Waals surface area contributed by atoms with Crippen molar-refractivity contribution in [2.45, 2.75) is 120 Å². The van der Waals surface area contributed by atoms with E-state index in [1.165, 1.54) is 0 Å². The van der Waals surface area contributed by atoms with Gasteiger partial charge in [-0.1, -0.05) is 0 Å². The number of hydrogen-bond donors (Lipinski definition) is 7. The summed E-state index contributed by atoms with van der Waals surface area (Å²) in [6.07, 6.45) is -1.00. The van der Waals surface area contributed by atoms with Crippen LogP contribution in [0.5, 0.6) is 0 Å². The summed E-state index contributed by atoms with van der Waals surface area (Å²) in [5, 5.41) is 55.3. The maximum atomic E-state index is 8.06. The van der Waals surface area contributed by atoms with Crippen LogP contribution in [-0.4, -0.2) is 79.5 Å². The minimum atomic E-state index is -0.167. The molecule has 170 valence electrons. The number of aliphatic hydroxyl groups is 7. The highest BCUT2D eigenvalue weighted by Gasteiger charge is 1.71. The molecule has 26 heavy (non-hydrogen) atoms. The van der Waals surface area contributed by atoms with Gasteiger partial charge in [0.15, 0.2) is 0 Å². The predicted octanol–water partition coefficient (Wildman–Crippen LogP) is 1.93. The highest BCUT2D eigenvalue weighted by Crippen LogP contribution is 1.66. The molecule has 0 fully saturated rings. The van der Waals surface area contributed by atoms with Crippen molar-refractivity contribution in [1.29, 1.82) is 0 Å². The molecule has 0 rings (SSSR count). The molecule has 0 aliphatic carbocycles. The Morgan fingerprint density at radius 3 is 0.269 bits per heavy atom. The molecule has 0 spiro atoms. The Hall–Kier alpha value is -0.280. The zero-order valence-electron chi connectivity index (χ0n) is 19.6. The Bertz CT molecular complexity index is 96.9. The van der Waals surface area contributed by atoms with Crippen molar-refractivity contribution in [2.24, 2.45) is 0 Å². The molecule has 7 heteroatoms. The average molecular weight is 393 g/mol. The van der Waals surface area contributed by atoms with Gasteiger partial charge in [-0.3, -0.25) is 0 Å². The van der Waals surface area contributed by atoms with Gasteiger partial charge in [0.25, 0.3) is 0 Å². The van der Waals surface area contributed by atoms with Gasteiger partial charge in [-0.25, -0.2) is 0 Å². The van der Waals surface area contributed by atoms with E-state index in [-0.39, 0.29) is 36.6 Å². The largest absolute Gasteiger partial charge is 0.400 e. The Morgan fingerprint density at radius 1 is 0.269 bits per heavy atom. The fraction of sp³-hybridized carbons (Fsp3) is 1.00. The second-order valence-corrected chi connectivity index (χ2v) is 6.56. The molecule has 0 unspecified atom stereocenters. The smallest absolute Gasteiger partial charge is 0.0483 e. The maximum absolute atomic E-state index is 8.06. The van der Waals surface area contributed by atoms with Crippen LogP contribution in [-0.2, 0) is 0 Å². The Morgan fingerprint density at radius 2 is 0.269 bits per heavy atom. The summed E-state index contributed by atoms with van der Waals surface area (Å²) in [7, 11) is 1.00. The van der Waals surface area contributed by atoms with E-state index in [1.807, 2.05) is 0 Å². The molecule has 0 bridgehead atoms. The summed E-state index contributed by atoms with van der Waals surface area (Å²) in [6, 6.07) is 0. The second-order valence-electron chi connectivity index (χ2n) is 6.56. The quantitative estimate of drug-likeness (QED) is 0.334. The molecular formula is C19H52O7. The van der Waals surface area contributed by atoms with Crippen molar-refractivity contribution in [1.82, 2.24) is 0 Å². The first-order valence-corrected chi connectivity index (χ1v) is 8.92. The van der Waals surface area contributed by atoms with E-state index >= 15 is 0 Å². The average Bonchev–Trinajstić information content (AvgIpc) is 2.25. The van der Waals surface area contributed by atoms with Gasteiger partial charge in [0.05, 0.1) is 0 Å². The molecular weight excluding hydrogens is 340 g/mol.